The fourth-order valence-electron chi connectivity index (χ4n) is 4.18. The first-order chi connectivity index (χ1) is 13.2. The number of hydrogen-bond donors (Lipinski definition) is 1. The molecule has 1 amide bonds. The van der Waals surface area contributed by atoms with Crippen molar-refractivity contribution in [1.29, 1.82) is 0 Å². The van der Waals surface area contributed by atoms with Gasteiger partial charge in [0.05, 0.1) is 20.8 Å². The van der Waals surface area contributed by atoms with E-state index in [9.17, 15) is 4.79 Å². The lowest BCUT2D eigenvalue weighted by atomic mass is 10.00. The number of ether oxygens (including phenoxy) is 2. The summed E-state index contributed by atoms with van der Waals surface area (Å²) in [5, 5.41) is 3.02. The quantitative estimate of drug-likeness (QED) is 0.792. The van der Waals surface area contributed by atoms with Crippen LogP contribution in [0.15, 0.2) is 18.2 Å². The first-order valence-electron chi connectivity index (χ1n) is 10.1. The van der Waals surface area contributed by atoms with Gasteiger partial charge < -0.3 is 19.7 Å². The van der Waals surface area contributed by atoms with Crippen LogP contribution in [0.5, 0.6) is 11.5 Å². The van der Waals surface area contributed by atoms with E-state index in [1.807, 2.05) is 18.2 Å². The van der Waals surface area contributed by atoms with Crippen LogP contribution < -0.4 is 14.8 Å². The molecule has 27 heavy (non-hydrogen) atoms. The van der Waals surface area contributed by atoms with Crippen molar-refractivity contribution in [1.82, 2.24) is 15.1 Å². The van der Waals surface area contributed by atoms with Crippen LogP contribution in [-0.4, -0.2) is 68.7 Å². The molecule has 0 unspecified atom stereocenters. The average Bonchev–Trinajstić information content (AvgIpc) is 2.73. The molecule has 0 bridgehead atoms. The number of nitrogens with zero attached hydrogens (tertiary/aromatic N) is 2. The van der Waals surface area contributed by atoms with E-state index in [-0.39, 0.29) is 5.91 Å². The zero-order valence-electron chi connectivity index (χ0n) is 16.7. The Morgan fingerprint density at radius 1 is 1.04 bits per heavy atom. The molecule has 1 aromatic rings. The summed E-state index contributed by atoms with van der Waals surface area (Å²) in [5.41, 5.74) is 1.00. The molecule has 1 N–H and O–H groups in total. The maximum Gasteiger partial charge on any atom is 0.234 e. The fraction of sp³-hybridized carbons (Fsp3) is 0.667. The smallest absolute Gasteiger partial charge is 0.234 e. The minimum Gasteiger partial charge on any atom is -0.493 e. The van der Waals surface area contributed by atoms with Crippen molar-refractivity contribution in [3.63, 3.8) is 0 Å². The molecule has 150 valence electrons. The van der Waals surface area contributed by atoms with Gasteiger partial charge in [0.25, 0.3) is 0 Å². The van der Waals surface area contributed by atoms with E-state index in [4.69, 9.17) is 9.47 Å². The van der Waals surface area contributed by atoms with E-state index in [2.05, 4.69) is 15.1 Å². The summed E-state index contributed by atoms with van der Waals surface area (Å²) in [6.45, 7) is 5.55. The number of benzene rings is 1. The molecule has 2 aliphatic heterocycles. The normalized spacial score (nSPS) is 19.6. The zero-order valence-corrected chi connectivity index (χ0v) is 16.7. The third kappa shape index (κ3) is 5.59. The molecular weight excluding hydrogens is 342 g/mol. The summed E-state index contributed by atoms with van der Waals surface area (Å²) in [7, 11) is 3.24. The first-order valence-corrected chi connectivity index (χ1v) is 10.1. The van der Waals surface area contributed by atoms with Crippen LogP contribution >= 0.6 is 0 Å². The number of nitrogens with one attached hydrogen (secondary N) is 1. The van der Waals surface area contributed by atoms with Crippen LogP contribution in [-0.2, 0) is 11.3 Å². The molecule has 6 heteroatoms. The average molecular weight is 376 g/mol. The molecule has 6 nitrogen and oxygen atoms in total. The van der Waals surface area contributed by atoms with E-state index in [0.29, 0.717) is 24.6 Å². The second-order valence-corrected chi connectivity index (χ2v) is 7.57. The van der Waals surface area contributed by atoms with Crippen LogP contribution in [0.1, 0.15) is 37.7 Å². The van der Waals surface area contributed by atoms with Gasteiger partial charge in [0.2, 0.25) is 5.91 Å². The summed E-state index contributed by atoms with van der Waals surface area (Å²) in [6.07, 6.45) is 6.44. The van der Waals surface area contributed by atoms with E-state index in [1.54, 1.807) is 14.2 Å². The Kier molecular flexibility index (Phi) is 7.35. The third-order valence-corrected chi connectivity index (χ3v) is 5.77. The summed E-state index contributed by atoms with van der Waals surface area (Å²) >= 11 is 0. The maximum atomic E-state index is 12.3. The van der Waals surface area contributed by atoms with Crippen molar-refractivity contribution in [2.75, 3.05) is 46.9 Å². The molecule has 0 saturated carbocycles. The van der Waals surface area contributed by atoms with E-state index >= 15 is 0 Å². The van der Waals surface area contributed by atoms with E-state index < -0.39 is 0 Å². The van der Waals surface area contributed by atoms with Crippen LogP contribution in [0.25, 0.3) is 0 Å². The van der Waals surface area contributed by atoms with Crippen molar-refractivity contribution >= 4 is 5.91 Å². The summed E-state index contributed by atoms with van der Waals surface area (Å²) < 4.78 is 10.6. The van der Waals surface area contributed by atoms with Crippen LogP contribution in [0.3, 0.4) is 0 Å². The summed E-state index contributed by atoms with van der Waals surface area (Å²) in [6, 6.07) is 6.44. The van der Waals surface area contributed by atoms with Gasteiger partial charge in [-0.2, -0.15) is 0 Å². The van der Waals surface area contributed by atoms with Gasteiger partial charge in [-0.05, 0) is 56.5 Å². The molecule has 2 fully saturated rings. The highest BCUT2D eigenvalue weighted by molar-refractivity contribution is 5.78. The molecular formula is C21H33N3O3. The molecule has 2 saturated heterocycles. The Bertz CT molecular complexity index is 609. The minimum absolute atomic E-state index is 0.0845. The maximum absolute atomic E-state index is 12.3. The Morgan fingerprint density at radius 3 is 2.41 bits per heavy atom. The lowest BCUT2D eigenvalue weighted by molar-refractivity contribution is -0.122. The van der Waals surface area contributed by atoms with Gasteiger partial charge in [0.1, 0.15) is 0 Å². The van der Waals surface area contributed by atoms with Gasteiger partial charge in [-0.1, -0.05) is 12.5 Å². The number of rotatable bonds is 7. The number of methoxy groups -OCH3 is 2. The van der Waals surface area contributed by atoms with Crippen molar-refractivity contribution in [2.24, 2.45) is 0 Å². The topological polar surface area (TPSA) is 54.0 Å². The molecule has 0 aromatic heterocycles. The summed E-state index contributed by atoms with van der Waals surface area (Å²) in [4.78, 5) is 17.3. The summed E-state index contributed by atoms with van der Waals surface area (Å²) in [5.74, 6) is 1.47. The zero-order chi connectivity index (χ0) is 19.1. The Morgan fingerprint density at radius 2 is 1.74 bits per heavy atom. The number of piperidine rings is 2. The predicted molar refractivity (Wildman–Crippen MR) is 106 cm³/mol. The molecule has 0 radical (unpaired) electrons. The number of likely N-dealkylation sites (tertiary alicyclic amines) is 2. The lowest BCUT2D eigenvalue weighted by Gasteiger charge is -2.40. The second-order valence-electron chi connectivity index (χ2n) is 7.57. The van der Waals surface area contributed by atoms with Crippen LogP contribution in [0, 0.1) is 0 Å². The van der Waals surface area contributed by atoms with Gasteiger partial charge in [-0.25, -0.2) is 0 Å². The third-order valence-electron chi connectivity index (χ3n) is 5.77. The molecule has 0 aliphatic carbocycles. The van der Waals surface area contributed by atoms with Gasteiger partial charge in [0.15, 0.2) is 11.5 Å². The van der Waals surface area contributed by atoms with Gasteiger partial charge in [-0.15, -0.1) is 0 Å². The van der Waals surface area contributed by atoms with Gasteiger partial charge in [0, 0.05) is 25.7 Å². The highest BCUT2D eigenvalue weighted by atomic mass is 16.5. The Labute approximate surface area is 162 Å². The van der Waals surface area contributed by atoms with Gasteiger partial charge in [-0.3, -0.25) is 9.69 Å². The molecule has 2 heterocycles. The Hall–Kier alpha value is -1.79. The molecule has 3 rings (SSSR count). The molecule has 1 aromatic carbocycles. The monoisotopic (exact) mass is 375 g/mol. The standard InChI is InChI=1S/C21H33N3O3/c1-26-19-7-6-17(14-20(19)27-2)15-22-21(25)16-23-12-8-18(9-13-23)24-10-4-3-5-11-24/h6-7,14,18H,3-5,8-13,15-16H2,1-2H3,(H,22,25). The Balaban J connectivity index is 1.40. The van der Waals surface area contributed by atoms with Crippen LogP contribution in [0.4, 0.5) is 0 Å². The first kappa shape index (κ1) is 20.0. The number of amides is 1. The van der Waals surface area contributed by atoms with E-state index in [0.717, 1.165) is 24.7 Å². The number of carbonyl (C=O) groups is 1. The van der Waals surface area contributed by atoms with Crippen molar-refractivity contribution < 1.29 is 14.3 Å². The molecule has 0 spiro atoms. The van der Waals surface area contributed by atoms with E-state index in [1.165, 1.54) is 45.2 Å². The number of carbonyl (C=O) groups excluding carboxylic acids is 1. The molecule has 2 aliphatic rings. The second kappa shape index (κ2) is 9.95. The van der Waals surface area contributed by atoms with Crippen molar-refractivity contribution in [3.05, 3.63) is 23.8 Å². The molecule has 0 atom stereocenters. The van der Waals surface area contributed by atoms with Crippen LogP contribution in [0.2, 0.25) is 0 Å². The lowest BCUT2D eigenvalue weighted by Crippen LogP contribution is -2.48. The SMILES string of the molecule is COc1ccc(CNC(=O)CN2CCC(N3CCCCC3)CC2)cc1OC. The number of hydrogen-bond acceptors (Lipinski definition) is 5. The highest BCUT2D eigenvalue weighted by Crippen LogP contribution is 2.27. The fourth-order valence-corrected chi connectivity index (χ4v) is 4.18. The van der Waals surface area contributed by atoms with Crippen molar-refractivity contribution in [3.8, 4) is 11.5 Å². The predicted octanol–water partition coefficient (Wildman–Crippen LogP) is 2.27. The van der Waals surface area contributed by atoms with Crippen molar-refractivity contribution in [2.45, 2.75) is 44.7 Å². The highest BCUT2D eigenvalue weighted by Gasteiger charge is 2.26. The minimum atomic E-state index is 0.0845. The largest absolute Gasteiger partial charge is 0.493 e. The van der Waals surface area contributed by atoms with Gasteiger partial charge >= 0.3 is 0 Å².